The highest BCUT2D eigenvalue weighted by Crippen LogP contribution is 1.95. The molecule has 6 heteroatoms. The third-order valence-corrected chi connectivity index (χ3v) is 2.32. The maximum Gasteiger partial charge on any atom is -0.00773 e. The number of halogens is 2. The van der Waals surface area contributed by atoms with Crippen molar-refractivity contribution in [1.82, 2.24) is 0 Å². The Morgan fingerprint density at radius 1 is 0.333 bits per heavy atom. The van der Waals surface area contributed by atoms with Gasteiger partial charge in [0.05, 0.1) is 0 Å². The first-order valence-electron chi connectivity index (χ1n) is 6.63. The molecule has 0 saturated carbocycles. The lowest BCUT2D eigenvalue weighted by molar-refractivity contribution is -0.001000. The average molecular weight is 486 g/mol. The molecule has 0 aliphatic heterocycles. The van der Waals surface area contributed by atoms with Gasteiger partial charge in [0.15, 0.2) is 0 Å². The normalized spacial score (nSPS) is 8.67. The van der Waals surface area contributed by atoms with E-state index in [1.54, 1.807) is 0 Å². The van der Waals surface area contributed by atoms with Gasteiger partial charge in [-0.3, -0.25) is 0 Å². The third-order valence-electron chi connectivity index (χ3n) is 2.32. The molecular formula is C12H32I2N4-2. The Morgan fingerprint density at radius 2 is 0.500 bits per heavy atom. The Bertz CT molecular complexity index is 84.1. The number of hydrogen-bond acceptors (Lipinski definition) is 4. The van der Waals surface area contributed by atoms with Crippen LogP contribution in [-0.2, 0) is 0 Å². The lowest BCUT2D eigenvalue weighted by Crippen LogP contribution is -3.00. The topological polar surface area (TPSA) is 104 Å². The fraction of sp³-hybridized carbons (Fsp3) is 1.00. The molecule has 0 bridgehead atoms. The lowest BCUT2D eigenvalue weighted by Gasteiger charge is -1.94. The summed E-state index contributed by atoms with van der Waals surface area (Å²) >= 11 is 0. The molecule has 0 fully saturated rings. The van der Waals surface area contributed by atoms with Gasteiger partial charge < -0.3 is 70.9 Å². The number of unbranched alkanes of at least 4 members (excludes halogenated alkanes) is 6. The molecule has 0 aliphatic carbocycles. The molecule has 116 valence electrons. The van der Waals surface area contributed by atoms with E-state index in [0.717, 1.165) is 51.9 Å². The number of nitrogens with two attached hydrogens (primary N) is 4. The van der Waals surface area contributed by atoms with E-state index < -0.39 is 0 Å². The summed E-state index contributed by atoms with van der Waals surface area (Å²) in [7, 11) is 0. The molecule has 0 heterocycles. The SMILES string of the molecule is NCCCCCCN.NCCCCCCN.[I-].[I-]. The Balaban J connectivity index is -0.0000000980. The zero-order valence-corrected chi connectivity index (χ0v) is 15.9. The molecule has 0 amide bonds. The van der Waals surface area contributed by atoms with E-state index in [9.17, 15) is 0 Å². The summed E-state index contributed by atoms with van der Waals surface area (Å²) in [6.45, 7) is 3.30. The first-order valence-corrected chi connectivity index (χ1v) is 6.63. The molecule has 0 aromatic heterocycles. The molecule has 0 spiro atoms. The summed E-state index contributed by atoms with van der Waals surface area (Å²) in [4.78, 5) is 0. The van der Waals surface area contributed by atoms with Crippen molar-refractivity contribution in [3.8, 4) is 0 Å². The largest absolute Gasteiger partial charge is 1.00 e. The van der Waals surface area contributed by atoms with Crippen LogP contribution in [0.5, 0.6) is 0 Å². The Labute approximate surface area is 147 Å². The maximum absolute atomic E-state index is 5.28. The minimum atomic E-state index is 0. The van der Waals surface area contributed by atoms with Gasteiger partial charge in [0.1, 0.15) is 0 Å². The van der Waals surface area contributed by atoms with Crippen LogP contribution < -0.4 is 70.9 Å². The molecule has 0 rings (SSSR count). The Kier molecular flexibility index (Phi) is 47.5. The number of hydrogen-bond donors (Lipinski definition) is 4. The molecule has 8 N–H and O–H groups in total. The van der Waals surface area contributed by atoms with E-state index in [4.69, 9.17) is 22.9 Å². The van der Waals surface area contributed by atoms with Crippen molar-refractivity contribution in [3.05, 3.63) is 0 Å². The Morgan fingerprint density at radius 3 is 0.611 bits per heavy atom. The monoisotopic (exact) mass is 486 g/mol. The van der Waals surface area contributed by atoms with Gasteiger partial charge in [0.25, 0.3) is 0 Å². The number of rotatable bonds is 10. The zero-order valence-electron chi connectivity index (χ0n) is 11.6. The fourth-order valence-electron chi connectivity index (χ4n) is 1.28. The van der Waals surface area contributed by atoms with Gasteiger partial charge in [-0.2, -0.15) is 0 Å². The maximum atomic E-state index is 5.28. The molecule has 0 unspecified atom stereocenters. The van der Waals surface area contributed by atoms with E-state index in [2.05, 4.69) is 0 Å². The summed E-state index contributed by atoms with van der Waals surface area (Å²) < 4.78 is 0. The Hall–Kier alpha value is 1.30. The minimum Gasteiger partial charge on any atom is -1.00 e. The molecule has 0 atom stereocenters. The molecule has 18 heavy (non-hydrogen) atoms. The first kappa shape index (κ1) is 27.6. The average Bonchev–Trinajstić information content (AvgIpc) is 2.31. The third kappa shape index (κ3) is 36.0. The van der Waals surface area contributed by atoms with Gasteiger partial charge >= 0.3 is 0 Å². The van der Waals surface area contributed by atoms with Crippen LogP contribution >= 0.6 is 0 Å². The van der Waals surface area contributed by atoms with Crippen LogP contribution in [0.2, 0.25) is 0 Å². The van der Waals surface area contributed by atoms with E-state index in [-0.39, 0.29) is 48.0 Å². The van der Waals surface area contributed by atoms with Crippen molar-refractivity contribution < 1.29 is 48.0 Å². The van der Waals surface area contributed by atoms with E-state index >= 15 is 0 Å². The molecule has 0 saturated heterocycles. The molecule has 0 radical (unpaired) electrons. The van der Waals surface area contributed by atoms with Crippen LogP contribution in [0.15, 0.2) is 0 Å². The highest BCUT2D eigenvalue weighted by molar-refractivity contribution is 4.43. The summed E-state index contributed by atoms with van der Waals surface area (Å²) in [5.41, 5.74) is 21.1. The first-order chi connectivity index (χ1) is 7.83. The van der Waals surface area contributed by atoms with Gasteiger partial charge in [0, 0.05) is 0 Å². The van der Waals surface area contributed by atoms with Crippen molar-refractivity contribution >= 4 is 0 Å². The second-order valence-corrected chi connectivity index (χ2v) is 3.98. The van der Waals surface area contributed by atoms with E-state index in [1.807, 2.05) is 0 Å². The van der Waals surface area contributed by atoms with Crippen molar-refractivity contribution in [1.29, 1.82) is 0 Å². The van der Waals surface area contributed by atoms with Crippen LogP contribution in [0.1, 0.15) is 51.4 Å². The van der Waals surface area contributed by atoms with Crippen LogP contribution in [0.3, 0.4) is 0 Å². The van der Waals surface area contributed by atoms with Crippen LogP contribution in [-0.4, -0.2) is 26.2 Å². The van der Waals surface area contributed by atoms with Gasteiger partial charge in [-0.25, -0.2) is 0 Å². The lowest BCUT2D eigenvalue weighted by atomic mass is 10.2. The standard InChI is InChI=1S/2C6H16N2.2HI/c2*7-5-3-1-2-4-6-8;;/h2*1-8H2;2*1H/p-2. The highest BCUT2D eigenvalue weighted by Gasteiger charge is 1.84. The minimum absolute atomic E-state index is 0. The molecule has 4 nitrogen and oxygen atoms in total. The van der Waals surface area contributed by atoms with E-state index in [1.165, 1.54) is 25.7 Å². The van der Waals surface area contributed by atoms with Gasteiger partial charge in [-0.15, -0.1) is 0 Å². The molecule has 0 aliphatic rings. The van der Waals surface area contributed by atoms with Crippen LogP contribution in [0.25, 0.3) is 0 Å². The van der Waals surface area contributed by atoms with Crippen LogP contribution in [0, 0.1) is 0 Å². The van der Waals surface area contributed by atoms with Gasteiger partial charge in [-0.05, 0) is 51.9 Å². The summed E-state index contributed by atoms with van der Waals surface area (Å²) in [6, 6.07) is 0. The summed E-state index contributed by atoms with van der Waals surface area (Å²) in [6.07, 6.45) is 9.59. The van der Waals surface area contributed by atoms with Crippen molar-refractivity contribution in [3.63, 3.8) is 0 Å². The van der Waals surface area contributed by atoms with Gasteiger partial charge in [-0.1, -0.05) is 25.7 Å². The second kappa shape index (κ2) is 31.0. The smallest absolute Gasteiger partial charge is 0.00773 e. The molecule has 0 aromatic rings. The predicted octanol–water partition coefficient (Wildman–Crippen LogP) is -5.06. The van der Waals surface area contributed by atoms with Crippen molar-refractivity contribution in [2.45, 2.75) is 51.4 Å². The molecular weight excluding hydrogens is 454 g/mol. The fourth-order valence-corrected chi connectivity index (χ4v) is 1.28. The predicted molar refractivity (Wildman–Crippen MR) is 73.2 cm³/mol. The van der Waals surface area contributed by atoms with E-state index in [0.29, 0.717) is 0 Å². The summed E-state index contributed by atoms with van der Waals surface area (Å²) in [5, 5.41) is 0. The second-order valence-electron chi connectivity index (χ2n) is 3.98. The quantitative estimate of drug-likeness (QED) is 0.183. The van der Waals surface area contributed by atoms with Crippen molar-refractivity contribution in [2.75, 3.05) is 26.2 Å². The summed E-state index contributed by atoms with van der Waals surface area (Å²) in [5.74, 6) is 0. The van der Waals surface area contributed by atoms with Crippen molar-refractivity contribution in [2.24, 2.45) is 22.9 Å². The van der Waals surface area contributed by atoms with Gasteiger partial charge in [0.2, 0.25) is 0 Å². The van der Waals surface area contributed by atoms with Crippen LogP contribution in [0.4, 0.5) is 0 Å². The zero-order chi connectivity index (χ0) is 12.5. The highest BCUT2D eigenvalue weighted by atomic mass is 127. The molecule has 0 aromatic carbocycles.